The van der Waals surface area contributed by atoms with Gasteiger partial charge in [-0.1, -0.05) is 17.3 Å². The van der Waals surface area contributed by atoms with E-state index in [-0.39, 0.29) is 17.2 Å². The molecule has 0 aliphatic rings. The summed E-state index contributed by atoms with van der Waals surface area (Å²) in [5.74, 6) is 0.557. The molecule has 0 bridgehead atoms. The van der Waals surface area contributed by atoms with Gasteiger partial charge < -0.3 is 10.3 Å². The molecule has 3 aromatic rings. The second-order valence-electron chi connectivity index (χ2n) is 6.69. The number of allylic oxidation sites excluding steroid dienone is 2. The van der Waals surface area contributed by atoms with E-state index in [0.29, 0.717) is 26.8 Å². The lowest BCUT2D eigenvalue weighted by molar-refractivity contribution is -0.0925. The smallest absolute Gasteiger partial charge is 0.395 e. The van der Waals surface area contributed by atoms with Crippen molar-refractivity contribution in [2.24, 2.45) is 10.7 Å². The van der Waals surface area contributed by atoms with Gasteiger partial charge in [-0.15, -0.1) is 11.3 Å². The molecular formula is C20H18F3N3O3S2. The Morgan fingerprint density at radius 2 is 2.00 bits per heavy atom. The number of aryl methyl sites for hydroxylation is 1. The highest BCUT2D eigenvalue weighted by atomic mass is 32.2. The number of hydrogen-bond acceptors (Lipinski definition) is 7. The van der Waals surface area contributed by atoms with Crippen LogP contribution in [0.15, 0.2) is 68.6 Å². The minimum atomic E-state index is -4.70. The molecule has 2 N–H and O–H groups in total. The normalized spacial score (nSPS) is 13.6. The molecule has 0 spiro atoms. The van der Waals surface area contributed by atoms with Gasteiger partial charge in [-0.3, -0.25) is 4.99 Å². The standard InChI is InChI=1S/C20H18F3N3O3S2/c1-12-8-14(26-29-12)11-25-16(10-19(24)20(21,22)23)18-7-6-17(30-18)13-4-3-5-15(9-13)31(2,27)28/h3-10H,11,24H2,1-2H3/b19-10-,25-16?. The van der Waals surface area contributed by atoms with Crippen molar-refractivity contribution in [3.63, 3.8) is 0 Å². The fraction of sp³-hybridized carbons (Fsp3) is 0.200. The van der Waals surface area contributed by atoms with Crippen molar-refractivity contribution in [1.29, 1.82) is 0 Å². The Hall–Kier alpha value is -2.92. The van der Waals surface area contributed by atoms with Crippen LogP contribution in [-0.4, -0.2) is 31.7 Å². The molecule has 2 heterocycles. The van der Waals surface area contributed by atoms with Crippen LogP contribution >= 0.6 is 11.3 Å². The Morgan fingerprint density at radius 1 is 1.26 bits per heavy atom. The monoisotopic (exact) mass is 469 g/mol. The second kappa shape index (κ2) is 8.67. The Bertz CT molecular complexity index is 1260. The van der Waals surface area contributed by atoms with Crippen LogP contribution in [0.3, 0.4) is 0 Å². The molecule has 0 aliphatic heterocycles. The highest BCUT2D eigenvalue weighted by Gasteiger charge is 2.32. The summed E-state index contributed by atoms with van der Waals surface area (Å²) in [5.41, 5.74) is 5.05. The summed E-state index contributed by atoms with van der Waals surface area (Å²) >= 11 is 1.17. The van der Waals surface area contributed by atoms with E-state index < -0.39 is 21.7 Å². The Morgan fingerprint density at radius 3 is 2.61 bits per heavy atom. The number of nitrogens with zero attached hydrogens (tertiary/aromatic N) is 2. The predicted molar refractivity (Wildman–Crippen MR) is 113 cm³/mol. The van der Waals surface area contributed by atoms with Crippen molar-refractivity contribution in [1.82, 2.24) is 5.16 Å². The van der Waals surface area contributed by atoms with Crippen molar-refractivity contribution in [2.75, 3.05) is 6.26 Å². The summed E-state index contributed by atoms with van der Waals surface area (Å²) < 4.78 is 67.5. The molecule has 6 nitrogen and oxygen atoms in total. The number of hydrogen-bond donors (Lipinski definition) is 1. The summed E-state index contributed by atoms with van der Waals surface area (Å²) in [6, 6.07) is 11.3. The predicted octanol–water partition coefficient (Wildman–Crippen LogP) is 4.51. The first-order chi connectivity index (χ1) is 14.4. The number of sulfone groups is 1. The van der Waals surface area contributed by atoms with Gasteiger partial charge in [0.2, 0.25) is 0 Å². The lowest BCUT2D eigenvalue weighted by atomic mass is 10.2. The van der Waals surface area contributed by atoms with Gasteiger partial charge in [-0.2, -0.15) is 13.2 Å². The SMILES string of the molecule is Cc1cc(CN=C(/C=C(\N)C(F)(F)F)c2ccc(-c3cccc(S(C)(=O)=O)c3)s2)no1. The maximum atomic E-state index is 13.0. The second-order valence-corrected chi connectivity index (χ2v) is 9.79. The van der Waals surface area contributed by atoms with Gasteiger partial charge in [-0.25, -0.2) is 8.42 Å². The fourth-order valence-electron chi connectivity index (χ4n) is 2.59. The van der Waals surface area contributed by atoms with Crippen LogP contribution in [0.2, 0.25) is 0 Å². The third kappa shape index (κ3) is 5.82. The molecule has 0 fully saturated rings. The maximum absolute atomic E-state index is 13.0. The van der Waals surface area contributed by atoms with E-state index in [2.05, 4.69) is 10.1 Å². The van der Waals surface area contributed by atoms with Crippen LogP contribution in [0, 0.1) is 6.92 Å². The summed E-state index contributed by atoms with van der Waals surface area (Å²) in [6.45, 7) is 1.70. The van der Waals surface area contributed by atoms with E-state index in [9.17, 15) is 21.6 Å². The van der Waals surface area contributed by atoms with Crippen molar-refractivity contribution in [2.45, 2.75) is 24.5 Å². The van der Waals surface area contributed by atoms with Gasteiger partial charge in [0.15, 0.2) is 9.84 Å². The molecule has 1 aromatic carbocycles. The third-order valence-corrected chi connectivity index (χ3v) is 6.38. The van der Waals surface area contributed by atoms with Gasteiger partial charge in [0.1, 0.15) is 17.2 Å². The molecule has 0 saturated carbocycles. The van der Waals surface area contributed by atoms with Gasteiger partial charge in [0.25, 0.3) is 0 Å². The average Bonchev–Trinajstić information content (AvgIpc) is 3.33. The number of alkyl halides is 3. The largest absolute Gasteiger partial charge is 0.430 e. The number of nitrogens with two attached hydrogens (primary N) is 1. The van der Waals surface area contributed by atoms with E-state index in [1.54, 1.807) is 37.3 Å². The van der Waals surface area contributed by atoms with E-state index in [1.807, 2.05) is 0 Å². The summed E-state index contributed by atoms with van der Waals surface area (Å²) in [5, 5.41) is 3.79. The third-order valence-electron chi connectivity index (χ3n) is 4.11. The minimum absolute atomic E-state index is 0.00507. The maximum Gasteiger partial charge on any atom is 0.430 e. The Kier molecular flexibility index (Phi) is 6.37. The Balaban J connectivity index is 2.00. The van der Waals surface area contributed by atoms with Gasteiger partial charge in [0.05, 0.1) is 22.0 Å². The summed E-state index contributed by atoms with van der Waals surface area (Å²) in [7, 11) is -3.40. The zero-order valence-electron chi connectivity index (χ0n) is 16.5. The van der Waals surface area contributed by atoms with Gasteiger partial charge in [-0.05, 0) is 42.8 Å². The quantitative estimate of drug-likeness (QED) is 0.536. The topological polar surface area (TPSA) is 98.5 Å². The summed E-state index contributed by atoms with van der Waals surface area (Å²) in [6.07, 6.45) is -2.82. The van der Waals surface area contributed by atoms with E-state index in [4.69, 9.17) is 10.3 Å². The van der Waals surface area contributed by atoms with E-state index >= 15 is 0 Å². The zero-order chi connectivity index (χ0) is 22.8. The first-order valence-corrected chi connectivity index (χ1v) is 11.6. The number of rotatable bonds is 6. The molecule has 0 atom stereocenters. The first kappa shape index (κ1) is 22.8. The highest BCUT2D eigenvalue weighted by molar-refractivity contribution is 7.90. The van der Waals surface area contributed by atoms with Crippen molar-refractivity contribution >= 4 is 26.9 Å². The van der Waals surface area contributed by atoms with Crippen LogP contribution in [0.4, 0.5) is 13.2 Å². The molecule has 0 unspecified atom stereocenters. The number of halogens is 3. The molecular weight excluding hydrogens is 451 g/mol. The van der Waals surface area contributed by atoms with Gasteiger partial charge in [0, 0.05) is 17.2 Å². The number of aromatic nitrogens is 1. The molecule has 0 radical (unpaired) electrons. The van der Waals surface area contributed by atoms with Crippen LogP contribution < -0.4 is 5.73 Å². The highest BCUT2D eigenvalue weighted by Crippen LogP contribution is 2.31. The molecule has 0 saturated heterocycles. The Labute approximate surface area is 180 Å². The van der Waals surface area contributed by atoms with Crippen LogP contribution in [-0.2, 0) is 16.4 Å². The van der Waals surface area contributed by atoms with Crippen molar-refractivity contribution in [3.8, 4) is 10.4 Å². The minimum Gasteiger partial charge on any atom is -0.395 e. The van der Waals surface area contributed by atoms with Crippen LogP contribution in [0.1, 0.15) is 16.3 Å². The van der Waals surface area contributed by atoms with E-state index in [1.165, 1.54) is 23.5 Å². The molecule has 11 heteroatoms. The molecule has 164 valence electrons. The van der Waals surface area contributed by atoms with Crippen LogP contribution in [0.5, 0.6) is 0 Å². The zero-order valence-corrected chi connectivity index (χ0v) is 18.1. The number of aliphatic imine (C=N–C) groups is 1. The molecule has 2 aromatic heterocycles. The molecule has 31 heavy (non-hydrogen) atoms. The van der Waals surface area contributed by atoms with Gasteiger partial charge >= 0.3 is 6.18 Å². The fourth-order valence-corrected chi connectivity index (χ4v) is 4.24. The number of benzene rings is 1. The average molecular weight is 470 g/mol. The van der Waals surface area contributed by atoms with Crippen molar-refractivity contribution in [3.05, 3.63) is 70.6 Å². The molecule has 3 rings (SSSR count). The molecule has 0 amide bonds. The lowest BCUT2D eigenvalue weighted by Gasteiger charge is -2.07. The summed E-state index contributed by atoms with van der Waals surface area (Å²) in [4.78, 5) is 5.50. The lowest BCUT2D eigenvalue weighted by Crippen LogP contribution is -2.20. The van der Waals surface area contributed by atoms with Crippen LogP contribution in [0.25, 0.3) is 10.4 Å². The first-order valence-electron chi connectivity index (χ1n) is 8.85. The molecule has 0 aliphatic carbocycles. The van der Waals surface area contributed by atoms with Crippen molar-refractivity contribution < 1.29 is 26.1 Å². The number of thiophene rings is 1. The van der Waals surface area contributed by atoms with E-state index in [0.717, 1.165) is 12.3 Å².